The average Bonchev–Trinajstić information content (AvgIpc) is 3.25. The number of aliphatic hydroxyl groups excluding tert-OH is 1. The molecule has 166 valence electrons. The van der Waals surface area contributed by atoms with Crippen LogP contribution in [0.15, 0.2) is 36.5 Å². The molecule has 0 aliphatic carbocycles. The first-order valence-corrected chi connectivity index (χ1v) is 11.4. The number of H-pyrrole nitrogens is 1. The van der Waals surface area contributed by atoms with Crippen molar-refractivity contribution in [2.75, 3.05) is 44.7 Å². The maximum absolute atomic E-state index is 10.2. The fourth-order valence-electron chi connectivity index (χ4n) is 4.42. The van der Waals surface area contributed by atoms with E-state index in [-0.39, 0.29) is 18.7 Å². The number of piperazine rings is 1. The van der Waals surface area contributed by atoms with E-state index >= 15 is 0 Å². The number of anilines is 1. The van der Waals surface area contributed by atoms with Gasteiger partial charge in [0, 0.05) is 32.4 Å². The number of likely N-dealkylation sites (N-methyl/N-ethyl adjacent to an activating group) is 1. The summed E-state index contributed by atoms with van der Waals surface area (Å²) in [5, 5.41) is 13.8. The molecule has 3 N–H and O–H groups in total. The second kappa shape index (κ2) is 9.77. The van der Waals surface area contributed by atoms with Gasteiger partial charge >= 0.3 is 0 Å². The summed E-state index contributed by atoms with van der Waals surface area (Å²) in [6.45, 7) is 8.36. The summed E-state index contributed by atoms with van der Waals surface area (Å²) in [5.74, 6) is 0.770. The second-order valence-electron chi connectivity index (χ2n) is 8.35. The summed E-state index contributed by atoms with van der Waals surface area (Å²) in [6.07, 6.45) is 3.66. The van der Waals surface area contributed by atoms with E-state index < -0.39 is 0 Å². The van der Waals surface area contributed by atoms with Crippen LogP contribution in [0.1, 0.15) is 49.4 Å². The molecule has 0 spiro atoms. The Morgan fingerprint density at radius 1 is 1.10 bits per heavy atom. The van der Waals surface area contributed by atoms with E-state index in [9.17, 15) is 5.11 Å². The smallest absolute Gasteiger partial charge is 0.126 e. The minimum atomic E-state index is -0.288. The van der Waals surface area contributed by atoms with E-state index in [1.54, 1.807) is 0 Å². The van der Waals surface area contributed by atoms with Gasteiger partial charge in [-0.1, -0.05) is 26.0 Å². The molecule has 0 radical (unpaired) electrons. The molecule has 0 saturated carbocycles. The van der Waals surface area contributed by atoms with Crippen molar-refractivity contribution in [3.8, 4) is 0 Å². The molecule has 2 atom stereocenters. The van der Waals surface area contributed by atoms with Crippen LogP contribution in [0.3, 0.4) is 0 Å². The normalized spacial score (nSPS) is 17.2. The van der Waals surface area contributed by atoms with Crippen molar-refractivity contribution < 1.29 is 5.11 Å². The maximum Gasteiger partial charge on any atom is 0.126 e. The fraction of sp³-hybridized carbons (Fsp3) is 0.500. The van der Waals surface area contributed by atoms with Gasteiger partial charge in [0.2, 0.25) is 0 Å². The first-order valence-electron chi connectivity index (χ1n) is 11.4. The summed E-state index contributed by atoms with van der Waals surface area (Å²) in [7, 11) is 2.16. The Kier molecular flexibility index (Phi) is 6.85. The van der Waals surface area contributed by atoms with Crippen LogP contribution in [0.2, 0.25) is 0 Å². The zero-order valence-electron chi connectivity index (χ0n) is 18.8. The fourth-order valence-corrected chi connectivity index (χ4v) is 4.42. The van der Waals surface area contributed by atoms with Crippen LogP contribution >= 0.6 is 0 Å². The van der Waals surface area contributed by atoms with Crippen molar-refractivity contribution in [1.29, 1.82) is 0 Å². The molecule has 3 heterocycles. The number of imidazole rings is 1. The third kappa shape index (κ3) is 4.59. The monoisotopic (exact) mass is 422 g/mol. The highest BCUT2D eigenvalue weighted by Gasteiger charge is 2.24. The molecule has 1 unspecified atom stereocenters. The molecule has 31 heavy (non-hydrogen) atoms. The lowest BCUT2D eigenvalue weighted by atomic mass is 10.0. The van der Waals surface area contributed by atoms with Crippen molar-refractivity contribution in [2.24, 2.45) is 0 Å². The van der Waals surface area contributed by atoms with Crippen LogP contribution in [0, 0.1) is 0 Å². The second-order valence-corrected chi connectivity index (χ2v) is 8.35. The van der Waals surface area contributed by atoms with E-state index in [2.05, 4.69) is 70.2 Å². The Bertz CT molecular complexity index is 995. The predicted octanol–water partition coefficient (Wildman–Crippen LogP) is 3.05. The van der Waals surface area contributed by atoms with Crippen molar-refractivity contribution >= 4 is 16.7 Å². The third-order valence-corrected chi connectivity index (χ3v) is 6.31. The topological polar surface area (TPSA) is 80.3 Å². The van der Waals surface area contributed by atoms with Crippen LogP contribution < -0.4 is 10.2 Å². The van der Waals surface area contributed by atoms with Gasteiger partial charge in [-0.05, 0) is 43.7 Å². The van der Waals surface area contributed by atoms with Crippen LogP contribution in [0.25, 0.3) is 11.0 Å². The Labute approximate surface area is 184 Å². The molecule has 1 saturated heterocycles. The molecule has 1 aliphatic rings. The number of nitrogens with zero attached hydrogens (tertiary/aromatic N) is 4. The molecule has 0 bridgehead atoms. The van der Waals surface area contributed by atoms with Gasteiger partial charge in [-0.2, -0.15) is 0 Å². The average molecular weight is 423 g/mol. The van der Waals surface area contributed by atoms with Crippen LogP contribution in [-0.4, -0.2) is 64.8 Å². The van der Waals surface area contributed by atoms with Crippen molar-refractivity contribution in [3.05, 3.63) is 53.6 Å². The van der Waals surface area contributed by atoms with Gasteiger partial charge in [0.1, 0.15) is 11.3 Å². The molecular weight excluding hydrogens is 388 g/mol. The Morgan fingerprint density at radius 3 is 2.61 bits per heavy atom. The summed E-state index contributed by atoms with van der Waals surface area (Å²) in [5.41, 5.74) is 5.43. The van der Waals surface area contributed by atoms with Crippen molar-refractivity contribution in [1.82, 2.24) is 25.2 Å². The van der Waals surface area contributed by atoms with E-state index in [1.807, 2.05) is 12.3 Å². The Balaban J connectivity index is 1.61. The molecule has 4 rings (SSSR count). The first-order chi connectivity index (χ1) is 15.1. The number of hydrogen-bond acceptors (Lipinski definition) is 6. The van der Waals surface area contributed by atoms with Gasteiger partial charge in [-0.3, -0.25) is 10.3 Å². The largest absolute Gasteiger partial charge is 0.394 e. The van der Waals surface area contributed by atoms with Gasteiger partial charge in [0.05, 0.1) is 35.6 Å². The summed E-state index contributed by atoms with van der Waals surface area (Å²) >= 11 is 0. The maximum atomic E-state index is 10.2. The van der Waals surface area contributed by atoms with Gasteiger partial charge in [-0.25, -0.2) is 4.98 Å². The lowest BCUT2D eigenvalue weighted by molar-refractivity contribution is 0.226. The number of hydrogen-bond donors (Lipinski definition) is 3. The number of nitrogens with one attached hydrogen (secondary N) is 2. The molecule has 2 aromatic heterocycles. The van der Waals surface area contributed by atoms with Crippen molar-refractivity contribution in [2.45, 2.75) is 38.8 Å². The number of aryl methyl sites for hydroxylation is 1. The summed E-state index contributed by atoms with van der Waals surface area (Å²) in [6, 6.07) is 10.2. The molecule has 3 aromatic rings. The lowest BCUT2D eigenvalue weighted by Gasteiger charge is -2.34. The third-order valence-electron chi connectivity index (χ3n) is 6.31. The van der Waals surface area contributed by atoms with E-state index in [1.165, 1.54) is 5.56 Å². The standard InChI is InChI=1S/C24H34N6O/c1-4-17-8-7-11-25-22(17)18(5-2)26-20(16-31)24-27-19-9-6-10-21(23(19)28-24)30-14-12-29(3)13-15-30/h6-11,18,20,26,31H,4-5,12-16H2,1-3H3,(H,27,28)/t18?,20-/m0/s1. The predicted molar refractivity (Wildman–Crippen MR) is 125 cm³/mol. The number of aromatic nitrogens is 3. The number of pyridine rings is 1. The first kappa shape index (κ1) is 21.7. The molecule has 7 heteroatoms. The highest BCUT2D eigenvalue weighted by Crippen LogP contribution is 2.29. The molecular formula is C24H34N6O. The minimum Gasteiger partial charge on any atom is -0.394 e. The Morgan fingerprint density at radius 2 is 1.90 bits per heavy atom. The van der Waals surface area contributed by atoms with E-state index in [0.717, 1.165) is 67.3 Å². The van der Waals surface area contributed by atoms with Gasteiger partial charge in [0.25, 0.3) is 0 Å². The SMILES string of the molecule is CCc1cccnc1C(CC)N[C@@H](CO)c1nc2c(N3CCN(C)CC3)cccc2[nH]1. The zero-order chi connectivity index (χ0) is 21.8. The Hall–Kier alpha value is -2.48. The molecule has 0 amide bonds. The van der Waals surface area contributed by atoms with Gasteiger partial charge in [0.15, 0.2) is 0 Å². The number of aliphatic hydroxyl groups is 1. The highest BCUT2D eigenvalue weighted by atomic mass is 16.3. The number of fused-ring (bicyclic) bond motifs is 1. The molecule has 7 nitrogen and oxygen atoms in total. The highest BCUT2D eigenvalue weighted by molar-refractivity contribution is 5.89. The molecule has 1 aromatic carbocycles. The quantitative estimate of drug-likeness (QED) is 0.518. The number of para-hydroxylation sites is 1. The van der Waals surface area contributed by atoms with E-state index in [0.29, 0.717) is 0 Å². The lowest BCUT2D eigenvalue weighted by Crippen LogP contribution is -2.44. The van der Waals surface area contributed by atoms with Crippen LogP contribution in [0.4, 0.5) is 5.69 Å². The zero-order valence-corrected chi connectivity index (χ0v) is 18.8. The summed E-state index contributed by atoms with van der Waals surface area (Å²) in [4.78, 5) is 17.8. The minimum absolute atomic E-state index is 0.0333. The number of aromatic amines is 1. The van der Waals surface area contributed by atoms with Crippen LogP contribution in [-0.2, 0) is 6.42 Å². The van der Waals surface area contributed by atoms with Crippen molar-refractivity contribution in [3.63, 3.8) is 0 Å². The number of rotatable bonds is 8. The number of benzene rings is 1. The van der Waals surface area contributed by atoms with E-state index in [4.69, 9.17) is 4.98 Å². The van der Waals surface area contributed by atoms with Gasteiger partial charge < -0.3 is 19.9 Å². The molecule has 1 aliphatic heterocycles. The van der Waals surface area contributed by atoms with Crippen LogP contribution in [0.5, 0.6) is 0 Å². The molecule has 1 fully saturated rings. The summed E-state index contributed by atoms with van der Waals surface area (Å²) < 4.78 is 0. The van der Waals surface area contributed by atoms with Gasteiger partial charge in [-0.15, -0.1) is 0 Å².